The van der Waals surface area contributed by atoms with Crippen LogP contribution < -0.4 is 10.1 Å². The van der Waals surface area contributed by atoms with Crippen molar-refractivity contribution >= 4 is 18.0 Å². The van der Waals surface area contributed by atoms with Gasteiger partial charge in [0, 0.05) is 6.42 Å². The second kappa shape index (κ2) is 10.6. The Kier molecular flexibility index (Phi) is 7.66. The SMILES string of the molecule is Cc1cccc(COc2ccc(/C=C(\NC(=O)CCC3CCCC3)C(=O)O)cc2)c1. The Morgan fingerprint density at radius 2 is 1.87 bits per heavy atom. The van der Waals surface area contributed by atoms with E-state index in [-0.39, 0.29) is 11.6 Å². The minimum absolute atomic E-state index is 0.111. The van der Waals surface area contributed by atoms with E-state index in [2.05, 4.69) is 11.4 Å². The third-order valence-electron chi connectivity index (χ3n) is 5.44. The molecule has 30 heavy (non-hydrogen) atoms. The Bertz CT molecular complexity index is 896. The molecule has 0 aliphatic heterocycles. The Morgan fingerprint density at radius 1 is 1.13 bits per heavy atom. The predicted molar refractivity (Wildman–Crippen MR) is 117 cm³/mol. The summed E-state index contributed by atoms with van der Waals surface area (Å²) in [6.07, 6.45) is 7.47. The maximum Gasteiger partial charge on any atom is 0.352 e. The highest BCUT2D eigenvalue weighted by molar-refractivity contribution is 5.96. The number of nitrogens with one attached hydrogen (secondary N) is 1. The minimum atomic E-state index is -1.15. The second-order valence-electron chi connectivity index (χ2n) is 7.95. The second-order valence-corrected chi connectivity index (χ2v) is 7.95. The van der Waals surface area contributed by atoms with E-state index in [1.165, 1.54) is 37.3 Å². The normalized spacial score (nSPS) is 14.5. The standard InChI is InChI=1S/C25H29NO4/c1-18-5-4-8-21(15-18)17-30-22-12-9-20(10-13-22)16-23(25(28)29)26-24(27)14-11-19-6-2-3-7-19/h4-5,8-10,12-13,15-16,19H,2-3,6-7,11,14,17H2,1H3,(H,26,27)(H,28,29)/b23-16-. The maximum atomic E-state index is 12.2. The molecule has 2 aromatic carbocycles. The van der Waals surface area contributed by atoms with Crippen LogP contribution in [-0.4, -0.2) is 17.0 Å². The van der Waals surface area contributed by atoms with Crippen molar-refractivity contribution < 1.29 is 19.4 Å². The van der Waals surface area contributed by atoms with Gasteiger partial charge >= 0.3 is 5.97 Å². The number of carboxylic acid groups (broad SMARTS) is 1. The summed E-state index contributed by atoms with van der Waals surface area (Å²) in [6, 6.07) is 15.3. The fraction of sp³-hybridized carbons (Fsp3) is 0.360. The summed E-state index contributed by atoms with van der Waals surface area (Å²) in [5, 5.41) is 12.0. The van der Waals surface area contributed by atoms with Crippen molar-refractivity contribution in [3.8, 4) is 5.75 Å². The number of amides is 1. The Balaban J connectivity index is 1.55. The zero-order chi connectivity index (χ0) is 21.3. The van der Waals surface area contributed by atoms with Crippen LogP contribution in [0.2, 0.25) is 0 Å². The minimum Gasteiger partial charge on any atom is -0.489 e. The molecule has 1 amide bonds. The van der Waals surface area contributed by atoms with Gasteiger partial charge in [-0.3, -0.25) is 4.79 Å². The van der Waals surface area contributed by atoms with E-state index in [0.717, 1.165) is 12.0 Å². The Hall–Kier alpha value is -3.08. The van der Waals surface area contributed by atoms with Gasteiger partial charge in [-0.05, 0) is 48.6 Å². The number of rotatable bonds is 9. The number of carboxylic acids is 1. The van der Waals surface area contributed by atoms with Crippen LogP contribution in [0.5, 0.6) is 5.75 Å². The van der Waals surface area contributed by atoms with Gasteiger partial charge in [0.2, 0.25) is 5.91 Å². The number of carbonyl (C=O) groups excluding carboxylic acids is 1. The van der Waals surface area contributed by atoms with Crippen molar-refractivity contribution in [1.29, 1.82) is 0 Å². The molecule has 3 rings (SSSR count). The van der Waals surface area contributed by atoms with Gasteiger partial charge in [-0.1, -0.05) is 67.6 Å². The van der Waals surface area contributed by atoms with Gasteiger partial charge in [0.1, 0.15) is 18.1 Å². The number of hydrogen-bond acceptors (Lipinski definition) is 3. The first-order valence-electron chi connectivity index (χ1n) is 10.5. The van der Waals surface area contributed by atoms with Crippen LogP contribution in [0.1, 0.15) is 55.2 Å². The highest BCUT2D eigenvalue weighted by Crippen LogP contribution is 2.28. The molecular formula is C25H29NO4. The molecule has 1 saturated carbocycles. The largest absolute Gasteiger partial charge is 0.489 e. The molecule has 1 fully saturated rings. The number of aliphatic carboxylic acids is 1. The van der Waals surface area contributed by atoms with Gasteiger partial charge in [-0.15, -0.1) is 0 Å². The van der Waals surface area contributed by atoms with Gasteiger partial charge in [0.05, 0.1) is 0 Å². The lowest BCUT2D eigenvalue weighted by molar-refractivity contribution is -0.134. The van der Waals surface area contributed by atoms with Crippen molar-refractivity contribution in [3.63, 3.8) is 0 Å². The summed E-state index contributed by atoms with van der Waals surface area (Å²) in [5.74, 6) is -0.0934. The van der Waals surface area contributed by atoms with Crippen LogP contribution in [0.3, 0.4) is 0 Å². The Labute approximate surface area is 177 Å². The van der Waals surface area contributed by atoms with E-state index >= 15 is 0 Å². The van der Waals surface area contributed by atoms with E-state index in [9.17, 15) is 14.7 Å². The summed E-state index contributed by atoms with van der Waals surface area (Å²) in [7, 11) is 0. The summed E-state index contributed by atoms with van der Waals surface area (Å²) in [5.41, 5.74) is 2.85. The predicted octanol–water partition coefficient (Wildman–Crippen LogP) is 5.09. The monoisotopic (exact) mass is 407 g/mol. The lowest BCUT2D eigenvalue weighted by Crippen LogP contribution is -2.27. The van der Waals surface area contributed by atoms with E-state index in [0.29, 0.717) is 30.3 Å². The molecule has 0 radical (unpaired) electrons. The summed E-state index contributed by atoms with van der Waals surface area (Å²) in [6.45, 7) is 2.51. The molecule has 0 heterocycles. The van der Waals surface area contributed by atoms with Crippen molar-refractivity contribution in [2.24, 2.45) is 5.92 Å². The first kappa shape index (κ1) is 21.6. The zero-order valence-corrected chi connectivity index (χ0v) is 17.4. The number of hydrogen-bond donors (Lipinski definition) is 2. The van der Waals surface area contributed by atoms with Crippen molar-refractivity contribution in [2.75, 3.05) is 0 Å². The van der Waals surface area contributed by atoms with Crippen LogP contribution in [-0.2, 0) is 16.2 Å². The van der Waals surface area contributed by atoms with E-state index < -0.39 is 5.97 Å². The first-order chi connectivity index (χ1) is 14.5. The molecule has 5 nitrogen and oxygen atoms in total. The fourth-order valence-corrected chi connectivity index (χ4v) is 3.79. The molecule has 1 aliphatic rings. The van der Waals surface area contributed by atoms with Crippen LogP contribution >= 0.6 is 0 Å². The highest BCUT2D eigenvalue weighted by atomic mass is 16.5. The van der Waals surface area contributed by atoms with E-state index in [1.54, 1.807) is 24.3 Å². The zero-order valence-electron chi connectivity index (χ0n) is 17.4. The third-order valence-corrected chi connectivity index (χ3v) is 5.44. The lowest BCUT2D eigenvalue weighted by Gasteiger charge is -2.10. The summed E-state index contributed by atoms with van der Waals surface area (Å²) >= 11 is 0. The molecule has 5 heteroatoms. The highest BCUT2D eigenvalue weighted by Gasteiger charge is 2.17. The molecule has 1 aliphatic carbocycles. The van der Waals surface area contributed by atoms with Crippen LogP contribution in [0.25, 0.3) is 6.08 Å². The van der Waals surface area contributed by atoms with Gasteiger partial charge < -0.3 is 15.2 Å². The van der Waals surface area contributed by atoms with Crippen LogP contribution in [0, 0.1) is 12.8 Å². The molecule has 0 aromatic heterocycles. The average molecular weight is 408 g/mol. The molecular weight excluding hydrogens is 378 g/mol. The quantitative estimate of drug-likeness (QED) is 0.568. The number of ether oxygens (including phenoxy) is 1. The van der Waals surface area contributed by atoms with E-state index in [4.69, 9.17) is 4.74 Å². The molecule has 158 valence electrons. The maximum absolute atomic E-state index is 12.2. The smallest absolute Gasteiger partial charge is 0.352 e. The van der Waals surface area contributed by atoms with Gasteiger partial charge in [-0.2, -0.15) is 0 Å². The molecule has 2 N–H and O–H groups in total. The third kappa shape index (κ3) is 6.76. The average Bonchev–Trinajstić information content (AvgIpc) is 3.25. The fourth-order valence-electron chi connectivity index (χ4n) is 3.79. The molecule has 0 unspecified atom stereocenters. The summed E-state index contributed by atoms with van der Waals surface area (Å²) in [4.78, 5) is 23.7. The number of benzene rings is 2. The molecule has 2 aromatic rings. The topological polar surface area (TPSA) is 75.6 Å². The van der Waals surface area contributed by atoms with Gasteiger partial charge in [0.15, 0.2) is 0 Å². The van der Waals surface area contributed by atoms with Gasteiger partial charge in [0.25, 0.3) is 0 Å². The Morgan fingerprint density at radius 3 is 2.53 bits per heavy atom. The number of aryl methyl sites for hydroxylation is 1. The molecule has 0 atom stereocenters. The van der Waals surface area contributed by atoms with Crippen molar-refractivity contribution in [3.05, 3.63) is 70.9 Å². The molecule has 0 bridgehead atoms. The lowest BCUT2D eigenvalue weighted by atomic mass is 10.0. The summed E-state index contributed by atoms with van der Waals surface area (Å²) < 4.78 is 5.79. The molecule has 0 spiro atoms. The van der Waals surface area contributed by atoms with Crippen LogP contribution in [0.4, 0.5) is 0 Å². The first-order valence-corrected chi connectivity index (χ1v) is 10.5. The van der Waals surface area contributed by atoms with Crippen molar-refractivity contribution in [2.45, 2.75) is 52.1 Å². The van der Waals surface area contributed by atoms with Gasteiger partial charge in [-0.25, -0.2) is 4.79 Å². The van der Waals surface area contributed by atoms with Crippen molar-refractivity contribution in [1.82, 2.24) is 5.32 Å². The molecule has 0 saturated heterocycles. The van der Waals surface area contributed by atoms with E-state index in [1.807, 2.05) is 25.1 Å². The van der Waals surface area contributed by atoms with Crippen LogP contribution in [0.15, 0.2) is 54.2 Å². The number of carbonyl (C=O) groups is 2.